The third-order valence-corrected chi connectivity index (χ3v) is 3.16. The summed E-state index contributed by atoms with van der Waals surface area (Å²) < 4.78 is 1.54. The Morgan fingerprint density at radius 3 is 2.81 bits per heavy atom. The van der Waals surface area contributed by atoms with Crippen LogP contribution < -0.4 is 0 Å². The largest absolute Gasteiger partial charge is 0.281 e. The molecule has 0 atom stereocenters. The van der Waals surface area contributed by atoms with E-state index in [9.17, 15) is 10.1 Å². The lowest BCUT2D eigenvalue weighted by molar-refractivity contribution is -0.384. The second-order valence-corrected chi connectivity index (χ2v) is 4.64. The quantitative estimate of drug-likeness (QED) is 0.535. The van der Waals surface area contributed by atoms with Gasteiger partial charge in [0.2, 0.25) is 0 Å². The summed E-state index contributed by atoms with van der Waals surface area (Å²) in [7, 11) is 0. The van der Waals surface area contributed by atoms with Crippen LogP contribution >= 0.6 is 11.6 Å². The smallest absolute Gasteiger partial charge is 0.281 e. The molecule has 0 radical (unpaired) electrons. The summed E-state index contributed by atoms with van der Waals surface area (Å²) in [6.07, 6.45) is 1.53. The van der Waals surface area contributed by atoms with Crippen LogP contribution in [-0.2, 0) is 0 Å². The van der Waals surface area contributed by atoms with Crippen LogP contribution in [-0.4, -0.2) is 19.5 Å². The molecule has 0 saturated heterocycles. The molecule has 102 valence electrons. The topological polar surface area (TPSA) is 97.1 Å². The van der Waals surface area contributed by atoms with E-state index in [0.29, 0.717) is 11.2 Å². The zero-order valence-electron chi connectivity index (χ0n) is 10.4. The molecule has 0 amide bonds. The first-order valence-corrected chi connectivity index (χ1v) is 6.17. The maximum absolute atomic E-state index is 11.2. The molecule has 0 unspecified atom stereocenters. The van der Waals surface area contributed by atoms with E-state index in [-0.39, 0.29) is 22.1 Å². The van der Waals surface area contributed by atoms with Crippen molar-refractivity contribution in [3.63, 3.8) is 0 Å². The second kappa shape index (κ2) is 4.85. The minimum atomic E-state index is -0.531. The third-order valence-electron chi connectivity index (χ3n) is 2.93. The first kappa shape index (κ1) is 13.0. The van der Waals surface area contributed by atoms with Crippen molar-refractivity contribution < 1.29 is 4.92 Å². The Hall–Kier alpha value is -2.98. The van der Waals surface area contributed by atoms with Gasteiger partial charge in [-0.25, -0.2) is 0 Å². The maximum atomic E-state index is 11.2. The molecule has 0 aliphatic carbocycles. The number of fused-ring (bicyclic) bond motifs is 1. The minimum absolute atomic E-state index is 0.167. The van der Waals surface area contributed by atoms with Gasteiger partial charge in [-0.1, -0.05) is 11.6 Å². The van der Waals surface area contributed by atoms with E-state index in [4.69, 9.17) is 16.9 Å². The highest BCUT2D eigenvalue weighted by Crippen LogP contribution is 2.31. The molecular formula is C13H6ClN5O2. The zero-order valence-corrected chi connectivity index (χ0v) is 11.2. The van der Waals surface area contributed by atoms with Gasteiger partial charge < -0.3 is 0 Å². The fraction of sp³-hybridized carbons (Fsp3) is 0. The minimum Gasteiger partial charge on any atom is -0.281 e. The number of rotatable bonds is 2. The standard InChI is InChI=1S/C13H6ClN5O2/c14-9-2-3-10(11(5-9)19(20)21)13-17-16-12-4-1-8(6-15)7-18(12)13/h1-5,7H. The monoisotopic (exact) mass is 299 g/mol. The van der Waals surface area contributed by atoms with Gasteiger partial charge in [0.1, 0.15) is 6.07 Å². The molecule has 0 bridgehead atoms. The first-order chi connectivity index (χ1) is 10.1. The van der Waals surface area contributed by atoms with Crippen LogP contribution in [0.5, 0.6) is 0 Å². The van der Waals surface area contributed by atoms with Crippen LogP contribution in [0.15, 0.2) is 36.5 Å². The van der Waals surface area contributed by atoms with Crippen molar-refractivity contribution in [1.82, 2.24) is 14.6 Å². The molecular weight excluding hydrogens is 294 g/mol. The number of nitro groups is 1. The van der Waals surface area contributed by atoms with Crippen LogP contribution in [0, 0.1) is 21.4 Å². The van der Waals surface area contributed by atoms with Gasteiger partial charge in [-0.05, 0) is 24.3 Å². The summed E-state index contributed by atoms with van der Waals surface area (Å²) in [4.78, 5) is 10.6. The average molecular weight is 300 g/mol. The molecule has 0 fully saturated rings. The predicted molar refractivity (Wildman–Crippen MR) is 74.8 cm³/mol. The lowest BCUT2D eigenvalue weighted by Gasteiger charge is -2.02. The van der Waals surface area contributed by atoms with E-state index in [2.05, 4.69) is 10.2 Å². The molecule has 21 heavy (non-hydrogen) atoms. The number of halogens is 1. The fourth-order valence-electron chi connectivity index (χ4n) is 1.99. The Morgan fingerprint density at radius 1 is 1.29 bits per heavy atom. The second-order valence-electron chi connectivity index (χ2n) is 4.20. The molecule has 2 heterocycles. The highest BCUT2D eigenvalue weighted by molar-refractivity contribution is 6.30. The van der Waals surface area contributed by atoms with Gasteiger partial charge in [-0.2, -0.15) is 5.26 Å². The number of hydrogen-bond donors (Lipinski definition) is 0. The molecule has 0 saturated carbocycles. The molecule has 0 spiro atoms. The Morgan fingerprint density at radius 2 is 2.10 bits per heavy atom. The summed E-state index contributed by atoms with van der Waals surface area (Å²) in [6.45, 7) is 0. The van der Waals surface area contributed by atoms with Gasteiger partial charge >= 0.3 is 0 Å². The van der Waals surface area contributed by atoms with Crippen LogP contribution in [0.1, 0.15) is 5.56 Å². The fourth-order valence-corrected chi connectivity index (χ4v) is 2.15. The van der Waals surface area contributed by atoms with Gasteiger partial charge in [0.15, 0.2) is 11.5 Å². The van der Waals surface area contributed by atoms with Crippen molar-refractivity contribution in [3.05, 3.63) is 57.2 Å². The van der Waals surface area contributed by atoms with E-state index >= 15 is 0 Å². The summed E-state index contributed by atoms with van der Waals surface area (Å²) >= 11 is 5.80. The summed E-state index contributed by atoms with van der Waals surface area (Å²) in [6, 6.07) is 9.53. The van der Waals surface area contributed by atoms with Crippen molar-refractivity contribution in [2.45, 2.75) is 0 Å². The number of nitro benzene ring substituents is 1. The van der Waals surface area contributed by atoms with E-state index in [0.717, 1.165) is 0 Å². The normalized spacial score (nSPS) is 10.5. The maximum Gasteiger partial charge on any atom is 0.281 e. The number of pyridine rings is 1. The van der Waals surface area contributed by atoms with Gasteiger partial charge in [0.25, 0.3) is 5.69 Å². The van der Waals surface area contributed by atoms with Crippen LogP contribution in [0.25, 0.3) is 17.0 Å². The molecule has 8 heteroatoms. The Kier molecular flexibility index (Phi) is 3.01. The highest BCUT2D eigenvalue weighted by atomic mass is 35.5. The molecule has 7 nitrogen and oxygen atoms in total. The lowest BCUT2D eigenvalue weighted by atomic mass is 10.1. The molecule has 1 aromatic carbocycles. The average Bonchev–Trinajstić information content (AvgIpc) is 2.89. The molecule has 0 aliphatic heterocycles. The molecule has 0 aliphatic rings. The van der Waals surface area contributed by atoms with Crippen molar-refractivity contribution in [3.8, 4) is 17.5 Å². The van der Waals surface area contributed by atoms with E-state index in [1.807, 2.05) is 6.07 Å². The molecule has 3 aromatic rings. The summed E-state index contributed by atoms with van der Waals surface area (Å²) in [5.41, 5.74) is 1.01. The SMILES string of the molecule is N#Cc1ccc2nnc(-c3ccc(Cl)cc3[N+](=O)[O-])n2c1. The van der Waals surface area contributed by atoms with Gasteiger partial charge in [0.05, 0.1) is 16.1 Å². The molecule has 0 N–H and O–H groups in total. The zero-order chi connectivity index (χ0) is 15.0. The summed E-state index contributed by atoms with van der Waals surface area (Å²) in [5, 5.41) is 28.3. The first-order valence-electron chi connectivity index (χ1n) is 5.79. The Labute approximate surface area is 123 Å². The van der Waals surface area contributed by atoms with Crippen molar-refractivity contribution in [2.75, 3.05) is 0 Å². The lowest BCUT2D eigenvalue weighted by Crippen LogP contribution is -1.96. The predicted octanol–water partition coefficient (Wildman–Crippen LogP) is 2.83. The number of nitriles is 1. The van der Waals surface area contributed by atoms with E-state index in [1.54, 1.807) is 18.2 Å². The number of nitrogens with zero attached hydrogens (tertiary/aromatic N) is 5. The third kappa shape index (κ3) is 2.17. The van der Waals surface area contributed by atoms with Crippen LogP contribution in [0.3, 0.4) is 0 Å². The molecule has 3 rings (SSSR count). The number of benzene rings is 1. The highest BCUT2D eigenvalue weighted by Gasteiger charge is 2.20. The van der Waals surface area contributed by atoms with Crippen molar-refractivity contribution in [1.29, 1.82) is 5.26 Å². The Bertz CT molecular complexity index is 913. The van der Waals surface area contributed by atoms with Crippen LogP contribution in [0.2, 0.25) is 5.02 Å². The van der Waals surface area contributed by atoms with Gasteiger partial charge in [-0.15, -0.1) is 10.2 Å². The number of aromatic nitrogens is 3. The van der Waals surface area contributed by atoms with Gasteiger partial charge in [-0.3, -0.25) is 14.5 Å². The Balaban J connectivity index is 2.31. The van der Waals surface area contributed by atoms with E-state index in [1.165, 1.54) is 22.7 Å². The van der Waals surface area contributed by atoms with Crippen molar-refractivity contribution >= 4 is 22.9 Å². The van der Waals surface area contributed by atoms with Gasteiger partial charge in [0, 0.05) is 17.3 Å². The van der Waals surface area contributed by atoms with Crippen molar-refractivity contribution in [2.24, 2.45) is 0 Å². The van der Waals surface area contributed by atoms with E-state index < -0.39 is 4.92 Å². The van der Waals surface area contributed by atoms with Crippen LogP contribution in [0.4, 0.5) is 5.69 Å². The number of hydrogen-bond acceptors (Lipinski definition) is 5. The summed E-state index contributed by atoms with van der Waals surface area (Å²) in [5.74, 6) is 0.283. The molecule has 2 aromatic heterocycles.